The minimum absolute atomic E-state index is 0.146. The summed E-state index contributed by atoms with van der Waals surface area (Å²) in [5, 5.41) is 10.6. The van der Waals surface area contributed by atoms with E-state index in [1.807, 2.05) is 19.1 Å². The van der Waals surface area contributed by atoms with Crippen molar-refractivity contribution < 1.29 is 5.11 Å². The lowest BCUT2D eigenvalue weighted by atomic mass is 10.0. The largest absolute Gasteiger partial charge is 0.508 e. The topological polar surface area (TPSA) is 51.2 Å². The summed E-state index contributed by atoms with van der Waals surface area (Å²) >= 11 is 0. The van der Waals surface area contributed by atoms with Crippen molar-refractivity contribution in [1.29, 1.82) is 0 Å². The Hall–Kier alpha value is -2.26. The van der Waals surface area contributed by atoms with E-state index in [9.17, 15) is 5.11 Å². The molecule has 3 aromatic rings. The number of para-hydroxylation sites is 1. The van der Waals surface area contributed by atoms with Gasteiger partial charge in [0.2, 0.25) is 0 Å². The predicted molar refractivity (Wildman–Crippen MR) is 86.5 cm³/mol. The van der Waals surface area contributed by atoms with Gasteiger partial charge in [-0.15, -0.1) is 0 Å². The van der Waals surface area contributed by atoms with Crippen LogP contribution in [0.5, 0.6) is 5.75 Å². The summed E-state index contributed by atoms with van der Waals surface area (Å²) in [5.74, 6) is 0.300. The van der Waals surface area contributed by atoms with Gasteiger partial charge in [-0.2, -0.15) is 0 Å². The number of benzene rings is 2. The van der Waals surface area contributed by atoms with Crippen molar-refractivity contribution in [3.8, 4) is 5.75 Å². The third-order valence-corrected chi connectivity index (χ3v) is 3.70. The second kappa shape index (κ2) is 5.62. The Bertz CT molecular complexity index is 742. The maximum Gasteiger partial charge on any atom is 0.115 e. The third kappa shape index (κ3) is 2.93. The van der Waals surface area contributed by atoms with Gasteiger partial charge in [0.15, 0.2) is 0 Å². The second-order valence-corrected chi connectivity index (χ2v) is 5.65. The van der Waals surface area contributed by atoms with Crippen molar-refractivity contribution in [3.05, 3.63) is 65.9 Å². The van der Waals surface area contributed by atoms with Crippen LogP contribution in [0.25, 0.3) is 10.9 Å². The molecule has 1 aromatic heterocycles. The lowest BCUT2D eigenvalue weighted by molar-refractivity contribution is 0.475. The first kappa shape index (κ1) is 13.7. The molecule has 0 amide bonds. The van der Waals surface area contributed by atoms with Crippen LogP contribution in [-0.2, 0) is 13.0 Å². The fourth-order valence-electron chi connectivity index (χ4n) is 2.78. The Morgan fingerprint density at radius 1 is 1.10 bits per heavy atom. The molecule has 0 saturated carbocycles. The molecule has 0 fully saturated rings. The van der Waals surface area contributed by atoms with Crippen LogP contribution in [0.2, 0.25) is 0 Å². The summed E-state index contributed by atoms with van der Waals surface area (Å²) in [5.41, 5.74) is 9.67. The Labute approximate surface area is 124 Å². The SMILES string of the molecule is CC(N)Cc1cccc2ccn(Cc3ccc(O)cc3)c12. The molecule has 0 aliphatic rings. The smallest absolute Gasteiger partial charge is 0.115 e. The van der Waals surface area contributed by atoms with E-state index in [-0.39, 0.29) is 6.04 Å². The lowest BCUT2D eigenvalue weighted by Crippen LogP contribution is -2.18. The molecule has 0 aliphatic heterocycles. The summed E-state index contributed by atoms with van der Waals surface area (Å²) < 4.78 is 2.25. The number of aromatic hydroxyl groups is 1. The summed E-state index contributed by atoms with van der Waals surface area (Å²) in [4.78, 5) is 0. The number of phenols is 1. The molecule has 3 N–H and O–H groups in total. The number of hydrogen-bond acceptors (Lipinski definition) is 2. The van der Waals surface area contributed by atoms with Crippen molar-refractivity contribution in [1.82, 2.24) is 4.57 Å². The summed E-state index contributed by atoms with van der Waals surface area (Å²) in [6.07, 6.45) is 2.99. The monoisotopic (exact) mass is 280 g/mol. The highest BCUT2D eigenvalue weighted by Gasteiger charge is 2.08. The molecular formula is C18H20N2O. The molecule has 1 atom stereocenters. The number of hydrogen-bond donors (Lipinski definition) is 2. The summed E-state index contributed by atoms with van der Waals surface area (Å²) in [6.45, 7) is 2.83. The highest BCUT2D eigenvalue weighted by atomic mass is 16.3. The highest BCUT2D eigenvalue weighted by Crippen LogP contribution is 2.23. The molecule has 3 heteroatoms. The van der Waals surface area contributed by atoms with Gasteiger partial charge in [-0.25, -0.2) is 0 Å². The van der Waals surface area contributed by atoms with Gasteiger partial charge < -0.3 is 15.4 Å². The summed E-state index contributed by atoms with van der Waals surface area (Å²) in [7, 11) is 0. The average Bonchev–Trinajstić information content (AvgIpc) is 2.85. The van der Waals surface area contributed by atoms with Gasteiger partial charge in [0.25, 0.3) is 0 Å². The second-order valence-electron chi connectivity index (χ2n) is 5.65. The fourth-order valence-corrected chi connectivity index (χ4v) is 2.78. The zero-order valence-electron chi connectivity index (χ0n) is 12.2. The van der Waals surface area contributed by atoms with Crippen molar-refractivity contribution in [2.75, 3.05) is 0 Å². The highest BCUT2D eigenvalue weighted by molar-refractivity contribution is 5.83. The normalized spacial score (nSPS) is 12.7. The van der Waals surface area contributed by atoms with Crippen molar-refractivity contribution in [2.24, 2.45) is 5.73 Å². The molecule has 0 aliphatic carbocycles. The van der Waals surface area contributed by atoms with Gasteiger partial charge in [-0.05, 0) is 48.1 Å². The van der Waals surface area contributed by atoms with E-state index in [0.29, 0.717) is 5.75 Å². The minimum Gasteiger partial charge on any atom is -0.508 e. The molecule has 21 heavy (non-hydrogen) atoms. The molecule has 1 heterocycles. The first-order valence-corrected chi connectivity index (χ1v) is 7.24. The molecule has 0 bridgehead atoms. The number of aromatic nitrogens is 1. The summed E-state index contributed by atoms with van der Waals surface area (Å²) in [6, 6.07) is 16.0. The molecule has 3 rings (SSSR count). The van der Waals surface area contributed by atoms with Crippen LogP contribution in [0.1, 0.15) is 18.1 Å². The minimum atomic E-state index is 0.146. The van der Waals surface area contributed by atoms with Crippen LogP contribution >= 0.6 is 0 Å². The van der Waals surface area contributed by atoms with Gasteiger partial charge in [-0.3, -0.25) is 0 Å². The van der Waals surface area contributed by atoms with Crippen molar-refractivity contribution in [3.63, 3.8) is 0 Å². The van der Waals surface area contributed by atoms with Crippen LogP contribution in [0.15, 0.2) is 54.7 Å². The van der Waals surface area contributed by atoms with Gasteiger partial charge in [0.05, 0.1) is 5.52 Å². The van der Waals surface area contributed by atoms with Crippen LogP contribution in [0, 0.1) is 0 Å². The van der Waals surface area contributed by atoms with Gasteiger partial charge in [0, 0.05) is 18.8 Å². The molecule has 2 aromatic carbocycles. The zero-order valence-corrected chi connectivity index (χ0v) is 12.2. The number of rotatable bonds is 4. The molecule has 0 saturated heterocycles. The number of nitrogens with zero attached hydrogens (tertiary/aromatic N) is 1. The average molecular weight is 280 g/mol. The van der Waals surface area contributed by atoms with E-state index in [1.54, 1.807) is 12.1 Å². The van der Waals surface area contributed by atoms with E-state index in [1.165, 1.54) is 22.0 Å². The van der Waals surface area contributed by atoms with Gasteiger partial charge in [-0.1, -0.05) is 30.3 Å². The van der Waals surface area contributed by atoms with Crippen LogP contribution in [0.4, 0.5) is 0 Å². The molecule has 108 valence electrons. The molecule has 1 unspecified atom stereocenters. The van der Waals surface area contributed by atoms with Crippen LogP contribution in [-0.4, -0.2) is 15.7 Å². The van der Waals surface area contributed by atoms with Crippen molar-refractivity contribution in [2.45, 2.75) is 25.9 Å². The number of fused-ring (bicyclic) bond motifs is 1. The predicted octanol–water partition coefficient (Wildman–Crippen LogP) is 3.28. The van der Waals surface area contributed by atoms with Crippen molar-refractivity contribution >= 4 is 10.9 Å². The zero-order chi connectivity index (χ0) is 14.8. The van der Waals surface area contributed by atoms with Crippen LogP contribution in [0.3, 0.4) is 0 Å². The Kier molecular flexibility index (Phi) is 3.67. The molecular weight excluding hydrogens is 260 g/mol. The Morgan fingerprint density at radius 3 is 2.57 bits per heavy atom. The van der Waals surface area contributed by atoms with E-state index < -0.39 is 0 Å². The third-order valence-electron chi connectivity index (χ3n) is 3.70. The van der Waals surface area contributed by atoms with E-state index in [0.717, 1.165) is 13.0 Å². The standard InChI is InChI=1S/C18H20N2O/c1-13(19)11-16-4-2-3-15-9-10-20(18(15)16)12-14-5-7-17(21)8-6-14/h2-10,13,21H,11-12,19H2,1H3. The van der Waals surface area contributed by atoms with E-state index in [2.05, 4.69) is 35.0 Å². The maximum atomic E-state index is 9.38. The number of nitrogens with two attached hydrogens (primary N) is 1. The first-order chi connectivity index (χ1) is 10.1. The Balaban J connectivity index is 2.00. The van der Waals surface area contributed by atoms with Gasteiger partial charge >= 0.3 is 0 Å². The van der Waals surface area contributed by atoms with Crippen LogP contribution < -0.4 is 5.73 Å². The lowest BCUT2D eigenvalue weighted by Gasteiger charge is -2.12. The van der Waals surface area contributed by atoms with E-state index in [4.69, 9.17) is 5.73 Å². The molecule has 0 spiro atoms. The molecule has 0 radical (unpaired) electrons. The quantitative estimate of drug-likeness (QED) is 0.770. The van der Waals surface area contributed by atoms with E-state index >= 15 is 0 Å². The maximum absolute atomic E-state index is 9.38. The fraction of sp³-hybridized carbons (Fsp3) is 0.222. The molecule has 3 nitrogen and oxygen atoms in total. The Morgan fingerprint density at radius 2 is 1.86 bits per heavy atom. The number of phenolic OH excluding ortho intramolecular Hbond substituents is 1. The van der Waals surface area contributed by atoms with Gasteiger partial charge in [0.1, 0.15) is 5.75 Å². The first-order valence-electron chi connectivity index (χ1n) is 7.24.